The molecular weight excluding hydrogens is 536 g/mol. The first-order valence-electron chi connectivity index (χ1n) is 10.9. The Balaban J connectivity index is 1.51. The van der Waals surface area contributed by atoms with Crippen molar-refractivity contribution >= 4 is 37.5 Å². The van der Waals surface area contributed by atoms with Crippen molar-refractivity contribution in [3.8, 4) is 17.2 Å². The first-order chi connectivity index (χ1) is 16.8. The number of anilines is 1. The van der Waals surface area contributed by atoms with E-state index in [2.05, 4.69) is 21.2 Å². The van der Waals surface area contributed by atoms with Crippen LogP contribution in [0.4, 0.5) is 5.69 Å². The van der Waals surface area contributed by atoms with Gasteiger partial charge in [-0.1, -0.05) is 29.8 Å². The number of benzene rings is 3. The summed E-state index contributed by atoms with van der Waals surface area (Å²) >= 11 is 3.33. The van der Waals surface area contributed by atoms with Gasteiger partial charge < -0.3 is 19.5 Å². The number of sulfonamides is 1. The molecule has 1 atom stereocenters. The summed E-state index contributed by atoms with van der Waals surface area (Å²) in [5.74, 6) is 1.29. The number of nitrogens with zero attached hydrogens (tertiary/aromatic N) is 1. The lowest BCUT2D eigenvalue weighted by atomic mass is 10.2. The Bertz CT molecular complexity index is 1310. The van der Waals surface area contributed by atoms with E-state index in [1.807, 2.05) is 25.1 Å². The van der Waals surface area contributed by atoms with E-state index in [1.54, 1.807) is 36.4 Å². The fourth-order valence-electron chi connectivity index (χ4n) is 3.54. The molecule has 0 bridgehead atoms. The molecule has 10 heteroatoms. The van der Waals surface area contributed by atoms with Crippen molar-refractivity contribution in [3.63, 3.8) is 0 Å². The highest BCUT2D eigenvalue weighted by molar-refractivity contribution is 9.10. The number of aryl methyl sites for hydroxylation is 1. The number of amides is 1. The molecule has 0 aromatic heterocycles. The van der Waals surface area contributed by atoms with Crippen molar-refractivity contribution in [2.24, 2.45) is 0 Å². The number of halogens is 1. The summed E-state index contributed by atoms with van der Waals surface area (Å²) in [6, 6.07) is 18.7. The normalized spacial score (nSPS) is 14.8. The summed E-state index contributed by atoms with van der Waals surface area (Å²) in [7, 11) is -2.56. The standard InChI is InChI=1S/C25H25BrN2O6S/c1-17-7-9-18(10-8-17)28(35(30,31)20-11-12-22(32-2)21(26)13-20)15-25(29)27-14-19-16-33-23-5-3-4-6-24(23)34-19/h3-13,19H,14-16H2,1-2H3,(H,27,29)/t19-/m0/s1. The van der Waals surface area contributed by atoms with Gasteiger partial charge in [-0.15, -0.1) is 0 Å². The van der Waals surface area contributed by atoms with Crippen LogP contribution in [0, 0.1) is 6.92 Å². The molecule has 0 saturated heterocycles. The van der Waals surface area contributed by atoms with Crippen molar-refractivity contribution in [1.29, 1.82) is 0 Å². The molecule has 3 aromatic carbocycles. The van der Waals surface area contributed by atoms with Crippen molar-refractivity contribution in [1.82, 2.24) is 5.32 Å². The second-order valence-corrected chi connectivity index (χ2v) is 10.7. The lowest BCUT2D eigenvalue weighted by molar-refractivity contribution is -0.120. The summed E-state index contributed by atoms with van der Waals surface area (Å²) < 4.78 is 45.5. The minimum absolute atomic E-state index is 0.0270. The Labute approximate surface area is 213 Å². The third-order valence-corrected chi connectivity index (χ3v) is 7.80. The van der Waals surface area contributed by atoms with Crippen molar-refractivity contribution in [2.75, 3.05) is 31.1 Å². The van der Waals surface area contributed by atoms with Crippen LogP contribution in [0.25, 0.3) is 0 Å². The third-order valence-electron chi connectivity index (χ3n) is 5.41. The summed E-state index contributed by atoms with van der Waals surface area (Å²) in [5, 5.41) is 2.77. The highest BCUT2D eigenvalue weighted by Gasteiger charge is 2.29. The maximum atomic E-state index is 13.6. The van der Waals surface area contributed by atoms with Crippen LogP contribution in [0.1, 0.15) is 5.56 Å². The zero-order valence-corrected chi connectivity index (χ0v) is 21.6. The largest absolute Gasteiger partial charge is 0.496 e. The van der Waals surface area contributed by atoms with Crippen LogP contribution in [0.15, 0.2) is 76.1 Å². The van der Waals surface area contributed by atoms with Crippen LogP contribution in [-0.2, 0) is 14.8 Å². The van der Waals surface area contributed by atoms with Crippen LogP contribution < -0.4 is 23.8 Å². The fraction of sp³-hybridized carbons (Fsp3) is 0.240. The van der Waals surface area contributed by atoms with Crippen LogP contribution in [0.5, 0.6) is 17.2 Å². The molecule has 184 valence electrons. The van der Waals surface area contributed by atoms with Gasteiger partial charge in [0.05, 0.1) is 28.7 Å². The van der Waals surface area contributed by atoms with Crippen molar-refractivity contribution in [2.45, 2.75) is 17.9 Å². The molecule has 0 unspecified atom stereocenters. The molecule has 4 rings (SSSR count). The first-order valence-corrected chi connectivity index (χ1v) is 13.1. The van der Waals surface area contributed by atoms with E-state index in [4.69, 9.17) is 14.2 Å². The lowest BCUT2D eigenvalue weighted by Crippen LogP contribution is -2.45. The molecule has 1 N–H and O–H groups in total. The molecule has 1 aliphatic heterocycles. The van der Waals surface area contributed by atoms with E-state index in [0.29, 0.717) is 27.4 Å². The number of nitrogens with one attached hydrogen (secondary N) is 1. The molecular formula is C25H25BrN2O6S. The molecule has 0 saturated carbocycles. The number of carbonyl (C=O) groups is 1. The van der Waals surface area contributed by atoms with E-state index in [1.165, 1.54) is 19.2 Å². The second-order valence-electron chi connectivity index (χ2n) is 7.95. The number of hydrogen-bond acceptors (Lipinski definition) is 6. The Kier molecular flexibility index (Phi) is 7.51. The highest BCUT2D eigenvalue weighted by Crippen LogP contribution is 2.32. The smallest absolute Gasteiger partial charge is 0.264 e. The molecule has 0 radical (unpaired) electrons. The molecule has 3 aromatic rings. The molecule has 1 heterocycles. The maximum Gasteiger partial charge on any atom is 0.264 e. The summed E-state index contributed by atoms with van der Waals surface area (Å²) in [6.07, 6.45) is -0.393. The maximum absolute atomic E-state index is 13.6. The highest BCUT2D eigenvalue weighted by atomic mass is 79.9. The van der Waals surface area contributed by atoms with Crippen LogP contribution in [0.2, 0.25) is 0 Å². The Morgan fingerprint density at radius 1 is 1.11 bits per heavy atom. The van der Waals surface area contributed by atoms with Gasteiger partial charge in [-0.25, -0.2) is 8.42 Å². The van der Waals surface area contributed by atoms with Crippen LogP contribution in [0.3, 0.4) is 0 Å². The van der Waals surface area contributed by atoms with E-state index in [-0.39, 0.29) is 18.0 Å². The number of para-hydroxylation sites is 2. The molecule has 35 heavy (non-hydrogen) atoms. The monoisotopic (exact) mass is 560 g/mol. The minimum atomic E-state index is -4.06. The zero-order chi connectivity index (χ0) is 25.0. The van der Waals surface area contributed by atoms with Gasteiger partial charge in [0.25, 0.3) is 10.0 Å². The van der Waals surface area contributed by atoms with Gasteiger partial charge in [0.15, 0.2) is 11.5 Å². The van der Waals surface area contributed by atoms with Gasteiger partial charge in [0.2, 0.25) is 5.91 Å². The van der Waals surface area contributed by atoms with Crippen molar-refractivity contribution < 1.29 is 27.4 Å². The first kappa shape index (κ1) is 24.9. The average molecular weight is 561 g/mol. The average Bonchev–Trinajstić information content (AvgIpc) is 2.86. The predicted octanol–water partition coefficient (Wildman–Crippen LogP) is 3.92. The van der Waals surface area contributed by atoms with Gasteiger partial charge >= 0.3 is 0 Å². The number of carbonyl (C=O) groups excluding carboxylic acids is 1. The van der Waals surface area contributed by atoms with Crippen molar-refractivity contribution in [3.05, 3.63) is 76.8 Å². The Hall–Kier alpha value is -3.24. The van der Waals surface area contributed by atoms with Gasteiger partial charge in [0, 0.05) is 0 Å². The molecule has 8 nitrogen and oxygen atoms in total. The molecule has 1 aliphatic rings. The number of fused-ring (bicyclic) bond motifs is 1. The minimum Gasteiger partial charge on any atom is -0.496 e. The number of methoxy groups -OCH3 is 1. The van der Waals surface area contributed by atoms with Gasteiger partial charge in [-0.05, 0) is 65.3 Å². The molecule has 0 fully saturated rings. The SMILES string of the molecule is COc1ccc(S(=O)(=O)N(CC(=O)NC[C@H]2COc3ccccc3O2)c2ccc(C)cc2)cc1Br. The fourth-order valence-corrected chi connectivity index (χ4v) is 5.68. The molecule has 1 amide bonds. The van der Waals surface area contributed by atoms with E-state index >= 15 is 0 Å². The molecule has 0 spiro atoms. The zero-order valence-electron chi connectivity index (χ0n) is 19.2. The lowest BCUT2D eigenvalue weighted by Gasteiger charge is -2.27. The van der Waals surface area contributed by atoms with Gasteiger partial charge in [-0.2, -0.15) is 0 Å². The van der Waals surface area contributed by atoms with E-state index in [9.17, 15) is 13.2 Å². The third kappa shape index (κ3) is 5.71. The molecule has 0 aliphatic carbocycles. The van der Waals surface area contributed by atoms with Gasteiger partial charge in [-0.3, -0.25) is 9.10 Å². The van der Waals surface area contributed by atoms with E-state index in [0.717, 1.165) is 9.87 Å². The van der Waals surface area contributed by atoms with E-state index < -0.39 is 28.6 Å². The number of hydrogen-bond donors (Lipinski definition) is 1. The van der Waals surface area contributed by atoms with Crippen LogP contribution in [-0.4, -0.2) is 47.2 Å². The summed E-state index contributed by atoms with van der Waals surface area (Å²) in [5.41, 5.74) is 1.35. The topological polar surface area (TPSA) is 94.2 Å². The second kappa shape index (κ2) is 10.6. The van der Waals surface area contributed by atoms with Crippen LogP contribution >= 0.6 is 15.9 Å². The van der Waals surface area contributed by atoms with Gasteiger partial charge in [0.1, 0.15) is 25.0 Å². The number of ether oxygens (including phenoxy) is 3. The quantitative estimate of drug-likeness (QED) is 0.448. The number of rotatable bonds is 8. The Morgan fingerprint density at radius 2 is 1.83 bits per heavy atom. The Morgan fingerprint density at radius 3 is 2.51 bits per heavy atom. The predicted molar refractivity (Wildman–Crippen MR) is 136 cm³/mol. The summed E-state index contributed by atoms with van der Waals surface area (Å²) in [6.45, 7) is 1.94. The summed E-state index contributed by atoms with van der Waals surface area (Å²) in [4.78, 5) is 12.9.